The lowest BCUT2D eigenvalue weighted by molar-refractivity contribution is -0.120. The number of amides is 1. The van der Waals surface area contributed by atoms with Gasteiger partial charge in [-0.05, 0) is 25.2 Å². The van der Waals surface area contributed by atoms with Crippen LogP contribution in [0, 0.1) is 17.2 Å². The van der Waals surface area contributed by atoms with Crippen LogP contribution in [-0.4, -0.2) is 11.6 Å². The van der Waals surface area contributed by atoms with E-state index < -0.39 is 0 Å². The highest BCUT2D eigenvalue weighted by Gasteiger charge is 2.15. The van der Waals surface area contributed by atoms with Gasteiger partial charge in [0.25, 0.3) is 5.91 Å². The summed E-state index contributed by atoms with van der Waals surface area (Å²) in [7, 11) is 0. The van der Waals surface area contributed by atoms with Gasteiger partial charge in [-0.3, -0.25) is 4.79 Å². The topological polar surface area (TPSA) is 65.2 Å². The molecule has 0 aliphatic heterocycles. The van der Waals surface area contributed by atoms with Crippen molar-refractivity contribution in [3.8, 4) is 6.07 Å². The molecule has 1 saturated carbocycles. The van der Waals surface area contributed by atoms with E-state index in [4.69, 9.17) is 5.26 Å². The molecule has 1 aliphatic rings. The van der Waals surface area contributed by atoms with Gasteiger partial charge in [0.15, 0.2) is 0 Å². The smallest absolute Gasteiger partial charge is 0.254 e. The van der Waals surface area contributed by atoms with E-state index in [0.29, 0.717) is 5.92 Å². The molecule has 0 radical (unpaired) electrons. The van der Waals surface area contributed by atoms with Crippen molar-refractivity contribution in [2.75, 3.05) is 0 Å². The van der Waals surface area contributed by atoms with Crippen LogP contribution in [0.15, 0.2) is 5.10 Å². The van der Waals surface area contributed by atoms with Crippen molar-refractivity contribution in [3.05, 3.63) is 0 Å². The molecule has 0 aromatic rings. The summed E-state index contributed by atoms with van der Waals surface area (Å²) in [6.07, 6.45) is 4.38. The van der Waals surface area contributed by atoms with E-state index in [-0.39, 0.29) is 12.3 Å². The minimum Gasteiger partial charge on any atom is -0.272 e. The third-order valence-electron chi connectivity index (χ3n) is 2.45. The molecule has 76 valence electrons. The summed E-state index contributed by atoms with van der Waals surface area (Å²) in [6.45, 7) is 2.12. The van der Waals surface area contributed by atoms with Crippen LogP contribution in [0.3, 0.4) is 0 Å². The predicted octanol–water partition coefficient (Wildman–Crippen LogP) is 1.58. The number of hydrogen-bond donors (Lipinski definition) is 1. The molecule has 1 atom stereocenters. The first kappa shape index (κ1) is 10.7. The number of hydrogen-bond acceptors (Lipinski definition) is 3. The van der Waals surface area contributed by atoms with Crippen molar-refractivity contribution in [2.24, 2.45) is 11.0 Å². The molecule has 14 heavy (non-hydrogen) atoms. The molecular formula is C10H15N3O. The monoisotopic (exact) mass is 193 g/mol. The van der Waals surface area contributed by atoms with Crippen LogP contribution in [0.2, 0.25) is 0 Å². The maximum absolute atomic E-state index is 11.0. The molecule has 1 rings (SSSR count). The number of nitriles is 1. The minimum atomic E-state index is -0.322. The first-order chi connectivity index (χ1) is 6.74. The van der Waals surface area contributed by atoms with Crippen LogP contribution in [0.25, 0.3) is 0 Å². The zero-order chi connectivity index (χ0) is 10.4. The largest absolute Gasteiger partial charge is 0.272 e. The van der Waals surface area contributed by atoms with Crippen molar-refractivity contribution < 1.29 is 4.79 Å². The van der Waals surface area contributed by atoms with Gasteiger partial charge >= 0.3 is 0 Å². The van der Waals surface area contributed by atoms with Crippen molar-refractivity contribution in [1.29, 1.82) is 5.26 Å². The quantitative estimate of drug-likeness (QED) is 0.676. The Labute approximate surface area is 84.0 Å². The summed E-state index contributed by atoms with van der Waals surface area (Å²) in [5, 5.41) is 12.3. The molecule has 0 bridgehead atoms. The second-order valence-electron chi connectivity index (χ2n) is 3.62. The van der Waals surface area contributed by atoms with Gasteiger partial charge in [-0.25, -0.2) is 5.43 Å². The zero-order valence-electron chi connectivity index (χ0n) is 8.42. The molecule has 1 amide bonds. The van der Waals surface area contributed by atoms with E-state index >= 15 is 0 Å². The molecule has 4 heteroatoms. The molecule has 0 saturated heterocycles. The second kappa shape index (κ2) is 5.38. The second-order valence-corrected chi connectivity index (χ2v) is 3.62. The Morgan fingerprint density at radius 2 is 2.50 bits per heavy atom. The number of hydrazone groups is 1. The lowest BCUT2D eigenvalue weighted by Gasteiger charge is -2.19. The molecular weight excluding hydrogens is 178 g/mol. The first-order valence-electron chi connectivity index (χ1n) is 4.96. The zero-order valence-corrected chi connectivity index (χ0v) is 8.42. The SMILES string of the molecule is CC1CCCC/C1=N\NC(=O)CC#N. The highest BCUT2D eigenvalue weighted by atomic mass is 16.2. The maximum Gasteiger partial charge on any atom is 0.254 e. The van der Waals surface area contributed by atoms with Crippen LogP contribution in [0.4, 0.5) is 0 Å². The van der Waals surface area contributed by atoms with Crippen molar-refractivity contribution in [3.63, 3.8) is 0 Å². The third-order valence-corrected chi connectivity index (χ3v) is 2.45. The molecule has 1 unspecified atom stereocenters. The van der Waals surface area contributed by atoms with Crippen molar-refractivity contribution >= 4 is 11.6 Å². The fourth-order valence-electron chi connectivity index (χ4n) is 1.58. The van der Waals surface area contributed by atoms with E-state index in [1.807, 2.05) is 0 Å². The van der Waals surface area contributed by atoms with Gasteiger partial charge in [0.1, 0.15) is 6.42 Å². The van der Waals surface area contributed by atoms with Crippen LogP contribution < -0.4 is 5.43 Å². The molecule has 0 heterocycles. The Morgan fingerprint density at radius 3 is 3.14 bits per heavy atom. The standard InChI is InChI=1S/C10H15N3O/c1-8-4-2-3-5-9(8)12-13-10(14)6-7-11/h8H,2-6H2,1H3,(H,13,14)/b12-9+. The number of carbonyl (C=O) groups is 1. The molecule has 1 fully saturated rings. The maximum atomic E-state index is 11.0. The number of carbonyl (C=O) groups excluding carboxylic acids is 1. The van der Waals surface area contributed by atoms with E-state index in [1.165, 1.54) is 6.42 Å². The van der Waals surface area contributed by atoms with Crippen molar-refractivity contribution in [2.45, 2.75) is 39.0 Å². The van der Waals surface area contributed by atoms with Gasteiger partial charge in [-0.2, -0.15) is 10.4 Å². The minimum absolute atomic E-state index is 0.120. The molecule has 0 aromatic carbocycles. The summed E-state index contributed by atoms with van der Waals surface area (Å²) in [6, 6.07) is 1.79. The molecule has 0 spiro atoms. The Bertz CT molecular complexity index is 278. The molecule has 0 aromatic heterocycles. The van der Waals surface area contributed by atoms with E-state index in [2.05, 4.69) is 17.5 Å². The van der Waals surface area contributed by atoms with Crippen molar-refractivity contribution in [1.82, 2.24) is 5.43 Å². The number of rotatable bonds is 2. The third kappa shape index (κ3) is 3.17. The molecule has 1 aliphatic carbocycles. The van der Waals surface area contributed by atoms with Gasteiger partial charge in [0, 0.05) is 5.71 Å². The van der Waals surface area contributed by atoms with Crippen LogP contribution in [0.1, 0.15) is 39.0 Å². The van der Waals surface area contributed by atoms with E-state index in [1.54, 1.807) is 6.07 Å². The lowest BCUT2D eigenvalue weighted by atomic mass is 9.89. The molecule has 4 nitrogen and oxygen atoms in total. The molecule has 1 N–H and O–H groups in total. The normalized spacial score (nSPS) is 24.3. The Kier molecular flexibility index (Phi) is 4.11. The lowest BCUT2D eigenvalue weighted by Crippen LogP contribution is -2.23. The summed E-state index contributed by atoms with van der Waals surface area (Å²) in [5.41, 5.74) is 3.47. The highest BCUT2D eigenvalue weighted by Crippen LogP contribution is 2.20. The average molecular weight is 193 g/mol. The van der Waals surface area contributed by atoms with Gasteiger partial charge in [0.2, 0.25) is 0 Å². The Morgan fingerprint density at radius 1 is 1.71 bits per heavy atom. The highest BCUT2D eigenvalue weighted by molar-refractivity contribution is 5.88. The summed E-state index contributed by atoms with van der Waals surface area (Å²) < 4.78 is 0. The van der Waals surface area contributed by atoms with E-state index in [9.17, 15) is 4.79 Å². The number of nitrogens with zero attached hydrogens (tertiary/aromatic N) is 2. The fraction of sp³-hybridized carbons (Fsp3) is 0.700. The fourth-order valence-corrected chi connectivity index (χ4v) is 1.58. The Balaban J connectivity index is 2.43. The average Bonchev–Trinajstić information content (AvgIpc) is 2.17. The first-order valence-corrected chi connectivity index (χ1v) is 4.96. The van der Waals surface area contributed by atoms with Gasteiger partial charge in [0.05, 0.1) is 6.07 Å². The predicted molar refractivity (Wildman–Crippen MR) is 53.4 cm³/mol. The van der Waals surface area contributed by atoms with Gasteiger partial charge < -0.3 is 0 Å². The summed E-state index contributed by atoms with van der Waals surface area (Å²) >= 11 is 0. The van der Waals surface area contributed by atoms with Crippen LogP contribution in [-0.2, 0) is 4.79 Å². The Hall–Kier alpha value is -1.37. The van der Waals surface area contributed by atoms with Gasteiger partial charge in [-0.15, -0.1) is 0 Å². The van der Waals surface area contributed by atoms with Gasteiger partial charge in [-0.1, -0.05) is 13.3 Å². The summed E-state index contributed by atoms with van der Waals surface area (Å²) in [4.78, 5) is 11.0. The van der Waals surface area contributed by atoms with Crippen LogP contribution >= 0.6 is 0 Å². The number of nitrogens with one attached hydrogen (secondary N) is 1. The van der Waals surface area contributed by atoms with Crippen LogP contribution in [0.5, 0.6) is 0 Å². The summed E-state index contributed by atoms with van der Waals surface area (Å²) in [5.74, 6) is 0.143. The van der Waals surface area contributed by atoms with E-state index in [0.717, 1.165) is 25.0 Å².